The van der Waals surface area contributed by atoms with Crippen molar-refractivity contribution in [2.75, 3.05) is 18.9 Å². The summed E-state index contributed by atoms with van der Waals surface area (Å²) >= 11 is 0. The Bertz CT molecular complexity index is 1340. The van der Waals surface area contributed by atoms with Crippen molar-refractivity contribution < 1.29 is 26.8 Å². The molecule has 8 nitrogen and oxygen atoms in total. The Labute approximate surface area is 201 Å². The Morgan fingerprint density at radius 3 is 2.26 bits per heavy atom. The maximum Gasteiger partial charge on any atom is 0.266 e. The molecule has 0 saturated heterocycles. The van der Waals surface area contributed by atoms with E-state index in [0.29, 0.717) is 28.2 Å². The molecule has 0 fully saturated rings. The highest BCUT2D eigenvalue weighted by Gasteiger charge is 2.39. The smallest absolute Gasteiger partial charge is 0.266 e. The number of anilines is 1. The molecule has 0 amide bonds. The van der Waals surface area contributed by atoms with E-state index in [9.17, 15) is 8.42 Å². The molecule has 1 heterocycles. The van der Waals surface area contributed by atoms with E-state index in [1.807, 2.05) is 6.07 Å². The molecule has 184 valence electrons. The highest BCUT2D eigenvalue weighted by Crippen LogP contribution is 2.42. The molecular formula is C24H32N2O6SSi. The third-order valence-electron chi connectivity index (χ3n) is 6.81. The number of fused-ring (bicyclic) bond motifs is 2. The zero-order valence-corrected chi connectivity index (χ0v) is 22.6. The van der Waals surface area contributed by atoms with Gasteiger partial charge in [-0.05, 0) is 60.7 Å². The minimum Gasteiger partial charge on any atom is -0.543 e. The number of benzene rings is 2. The van der Waals surface area contributed by atoms with Crippen molar-refractivity contribution in [1.29, 1.82) is 0 Å². The fraction of sp³-hybridized carbons (Fsp3) is 0.458. The third-order valence-corrected chi connectivity index (χ3v) is 12.5. The van der Waals surface area contributed by atoms with Crippen LogP contribution in [0.1, 0.15) is 38.3 Å². The van der Waals surface area contributed by atoms with Crippen LogP contribution in [0.25, 0.3) is 11.0 Å². The van der Waals surface area contributed by atoms with Gasteiger partial charge >= 0.3 is 0 Å². The number of rotatable bonds is 7. The highest BCUT2D eigenvalue weighted by atomic mass is 32.2. The molecule has 1 aliphatic carbocycles. The summed E-state index contributed by atoms with van der Waals surface area (Å²) in [5, 5.41) is 4.43. The van der Waals surface area contributed by atoms with Gasteiger partial charge in [-0.15, -0.1) is 0 Å². The topological polar surface area (TPSA) is 99.9 Å². The van der Waals surface area contributed by atoms with E-state index in [-0.39, 0.29) is 15.8 Å². The zero-order valence-electron chi connectivity index (χ0n) is 20.7. The van der Waals surface area contributed by atoms with Gasteiger partial charge in [-0.1, -0.05) is 25.9 Å². The quantitative estimate of drug-likeness (QED) is 0.423. The molecule has 34 heavy (non-hydrogen) atoms. The van der Waals surface area contributed by atoms with Crippen molar-refractivity contribution in [1.82, 2.24) is 5.16 Å². The number of nitrogens with zero attached hydrogens (tertiary/aromatic N) is 1. The Hall–Kier alpha value is -2.72. The summed E-state index contributed by atoms with van der Waals surface area (Å²) in [6, 6.07) is 6.96. The first-order valence-corrected chi connectivity index (χ1v) is 15.6. The number of aromatic nitrogens is 1. The first kappa shape index (κ1) is 24.4. The van der Waals surface area contributed by atoms with E-state index < -0.39 is 18.3 Å². The molecule has 1 aliphatic rings. The first-order chi connectivity index (χ1) is 15.9. The SMILES string of the molecule is COc1cc2c(cc1S(=O)(=O)Nc1noc3cc(O[Si](C)(C)C(C)(C)C)cc(OC)c13)CCC2. The number of nitrogens with one attached hydrogen (secondary N) is 1. The van der Waals surface area contributed by atoms with Crippen LogP contribution in [-0.4, -0.2) is 36.1 Å². The predicted molar refractivity (Wildman–Crippen MR) is 134 cm³/mol. The minimum absolute atomic E-state index is 0.00627. The van der Waals surface area contributed by atoms with Gasteiger partial charge in [0.25, 0.3) is 10.0 Å². The Morgan fingerprint density at radius 2 is 1.65 bits per heavy atom. The summed E-state index contributed by atoms with van der Waals surface area (Å²) in [6.45, 7) is 10.8. The number of hydrogen-bond donors (Lipinski definition) is 1. The Kier molecular flexibility index (Phi) is 6.10. The molecule has 0 aliphatic heterocycles. The lowest BCUT2D eigenvalue weighted by Gasteiger charge is -2.36. The van der Waals surface area contributed by atoms with Crippen LogP contribution >= 0.6 is 0 Å². The molecule has 1 N–H and O–H groups in total. The predicted octanol–water partition coefficient (Wildman–Crippen LogP) is 5.52. The Morgan fingerprint density at radius 1 is 1.00 bits per heavy atom. The van der Waals surface area contributed by atoms with Crippen LogP contribution in [0.5, 0.6) is 17.2 Å². The molecule has 0 spiro atoms. The second kappa shape index (κ2) is 8.49. The molecule has 0 saturated carbocycles. The number of methoxy groups -OCH3 is 2. The van der Waals surface area contributed by atoms with E-state index in [1.165, 1.54) is 14.2 Å². The van der Waals surface area contributed by atoms with Gasteiger partial charge in [0.1, 0.15) is 27.5 Å². The average molecular weight is 505 g/mol. The molecule has 1 aromatic heterocycles. The van der Waals surface area contributed by atoms with E-state index in [0.717, 1.165) is 30.4 Å². The summed E-state index contributed by atoms with van der Waals surface area (Å²) in [7, 11) is -3.13. The molecule has 10 heteroatoms. The van der Waals surface area contributed by atoms with Gasteiger partial charge in [0.05, 0.1) is 14.2 Å². The molecule has 3 aromatic rings. The van der Waals surface area contributed by atoms with Crippen molar-refractivity contribution in [3.8, 4) is 17.2 Å². The summed E-state index contributed by atoms with van der Waals surface area (Å²) in [5.74, 6) is 1.36. The van der Waals surface area contributed by atoms with Gasteiger partial charge in [0, 0.05) is 12.1 Å². The van der Waals surface area contributed by atoms with Crippen molar-refractivity contribution in [3.05, 3.63) is 35.4 Å². The van der Waals surface area contributed by atoms with E-state index in [2.05, 4.69) is 43.7 Å². The molecule has 2 aromatic carbocycles. The van der Waals surface area contributed by atoms with Crippen LogP contribution in [0.3, 0.4) is 0 Å². The van der Waals surface area contributed by atoms with Crippen LogP contribution in [0, 0.1) is 0 Å². The van der Waals surface area contributed by atoms with Crippen LogP contribution in [0.4, 0.5) is 5.82 Å². The molecule has 0 atom stereocenters. The fourth-order valence-corrected chi connectivity index (χ4v) is 6.10. The lowest BCUT2D eigenvalue weighted by molar-refractivity contribution is 0.402. The molecular weight excluding hydrogens is 472 g/mol. The first-order valence-electron chi connectivity index (χ1n) is 11.3. The van der Waals surface area contributed by atoms with E-state index in [4.69, 9.17) is 18.4 Å². The molecule has 0 radical (unpaired) electrons. The Balaban J connectivity index is 1.72. The van der Waals surface area contributed by atoms with Gasteiger partial charge in [-0.25, -0.2) is 8.42 Å². The molecule has 0 unspecified atom stereocenters. The fourth-order valence-electron chi connectivity index (χ4n) is 3.88. The zero-order chi connectivity index (χ0) is 24.9. The van der Waals surface area contributed by atoms with E-state index >= 15 is 0 Å². The second-order valence-electron chi connectivity index (χ2n) is 10.1. The van der Waals surface area contributed by atoms with Crippen LogP contribution in [-0.2, 0) is 22.9 Å². The number of ether oxygens (including phenoxy) is 2. The van der Waals surface area contributed by atoms with Crippen molar-refractivity contribution in [2.24, 2.45) is 0 Å². The standard InChI is InChI=1S/C24H32N2O6SSi/c1-24(2,3)34(6,7)32-17-13-19(30-5)22-20(14-17)31-25-23(22)26-33(27,28)21-12-16-10-8-9-15(16)11-18(21)29-4/h11-14H,8-10H2,1-7H3,(H,25,26). The maximum absolute atomic E-state index is 13.4. The van der Waals surface area contributed by atoms with Crippen molar-refractivity contribution in [3.63, 3.8) is 0 Å². The largest absolute Gasteiger partial charge is 0.543 e. The van der Waals surface area contributed by atoms with Crippen LogP contribution in [0.2, 0.25) is 18.1 Å². The van der Waals surface area contributed by atoms with E-state index in [1.54, 1.807) is 18.2 Å². The van der Waals surface area contributed by atoms with Gasteiger partial charge in [-0.2, -0.15) is 0 Å². The van der Waals surface area contributed by atoms with Gasteiger partial charge in [0.15, 0.2) is 11.4 Å². The lowest BCUT2D eigenvalue weighted by atomic mass is 10.1. The number of hydrogen-bond acceptors (Lipinski definition) is 7. The average Bonchev–Trinajstić information content (AvgIpc) is 3.37. The van der Waals surface area contributed by atoms with Crippen molar-refractivity contribution >= 4 is 35.1 Å². The second-order valence-corrected chi connectivity index (χ2v) is 16.5. The summed E-state index contributed by atoms with van der Waals surface area (Å²) < 4.78 is 52.1. The van der Waals surface area contributed by atoms with Crippen LogP contribution < -0.4 is 18.6 Å². The molecule has 4 rings (SSSR count). The minimum atomic E-state index is -4.00. The summed E-state index contributed by atoms with van der Waals surface area (Å²) in [5.41, 5.74) is 2.52. The van der Waals surface area contributed by atoms with Crippen LogP contribution in [0.15, 0.2) is 33.7 Å². The van der Waals surface area contributed by atoms with Gasteiger partial charge < -0.3 is 18.4 Å². The van der Waals surface area contributed by atoms with Gasteiger partial charge in [0.2, 0.25) is 8.32 Å². The van der Waals surface area contributed by atoms with Gasteiger partial charge in [-0.3, -0.25) is 4.72 Å². The summed E-state index contributed by atoms with van der Waals surface area (Å²) in [6.07, 6.45) is 2.77. The lowest BCUT2D eigenvalue weighted by Crippen LogP contribution is -2.43. The summed E-state index contributed by atoms with van der Waals surface area (Å²) in [4.78, 5) is 0.0728. The normalized spacial score (nSPS) is 14.2. The highest BCUT2D eigenvalue weighted by molar-refractivity contribution is 7.92. The number of aryl methyl sites for hydroxylation is 2. The third kappa shape index (κ3) is 4.36. The van der Waals surface area contributed by atoms with Crippen molar-refractivity contribution in [2.45, 2.75) is 63.1 Å². The maximum atomic E-state index is 13.4. The molecule has 0 bridgehead atoms. The number of sulfonamides is 1. The monoisotopic (exact) mass is 504 g/mol.